The molecule has 0 fully saturated rings. The van der Waals surface area contributed by atoms with E-state index in [1.807, 2.05) is 68.4 Å². The number of carbonyl (C=O) groups is 1. The number of rotatable bonds is 8. The second-order valence-corrected chi connectivity index (χ2v) is 6.99. The molecular weight excluding hydrogens is 362 g/mol. The van der Waals surface area contributed by atoms with Gasteiger partial charge in [-0.1, -0.05) is 49.4 Å². The van der Waals surface area contributed by atoms with Gasteiger partial charge in [-0.05, 0) is 54.8 Å². The molecule has 1 atom stereocenters. The third kappa shape index (κ3) is 5.38. The van der Waals surface area contributed by atoms with Crippen LogP contribution in [0.15, 0.2) is 72.8 Å². The van der Waals surface area contributed by atoms with E-state index in [1.54, 1.807) is 13.2 Å². The summed E-state index contributed by atoms with van der Waals surface area (Å²) in [7, 11) is 1.62. The smallest absolute Gasteiger partial charge is 0.251 e. The zero-order valence-electron chi connectivity index (χ0n) is 17.1. The van der Waals surface area contributed by atoms with Crippen molar-refractivity contribution in [3.05, 3.63) is 83.9 Å². The summed E-state index contributed by atoms with van der Waals surface area (Å²) < 4.78 is 11.4. The highest BCUT2D eigenvalue weighted by atomic mass is 16.5. The topological polar surface area (TPSA) is 47.6 Å². The molecule has 4 heteroatoms. The van der Waals surface area contributed by atoms with Crippen LogP contribution in [-0.2, 0) is 6.61 Å². The number of ether oxygens (including phenoxy) is 2. The predicted molar refractivity (Wildman–Crippen MR) is 116 cm³/mol. The second-order valence-electron chi connectivity index (χ2n) is 6.99. The lowest BCUT2D eigenvalue weighted by Gasteiger charge is -2.14. The summed E-state index contributed by atoms with van der Waals surface area (Å²) in [6.45, 7) is 4.35. The molecule has 0 aliphatic carbocycles. The Labute approximate surface area is 172 Å². The highest BCUT2D eigenvalue weighted by Gasteiger charge is 2.12. The highest BCUT2D eigenvalue weighted by Crippen LogP contribution is 2.25. The molecule has 1 N–H and O–H groups in total. The lowest BCUT2D eigenvalue weighted by atomic mass is 10.1. The van der Waals surface area contributed by atoms with Crippen LogP contribution in [0.4, 0.5) is 0 Å². The Kier molecular flexibility index (Phi) is 6.90. The SMILES string of the molecule is CCC(C)NC(=O)c1ccc(OC)c(COc2ccc(-c3ccccc3)cc2)c1. The van der Waals surface area contributed by atoms with Crippen molar-refractivity contribution in [2.45, 2.75) is 32.9 Å². The molecule has 1 amide bonds. The maximum Gasteiger partial charge on any atom is 0.251 e. The fourth-order valence-corrected chi connectivity index (χ4v) is 2.98. The molecule has 29 heavy (non-hydrogen) atoms. The van der Waals surface area contributed by atoms with Gasteiger partial charge in [0.05, 0.1) is 7.11 Å². The van der Waals surface area contributed by atoms with Crippen LogP contribution in [0.25, 0.3) is 11.1 Å². The fourth-order valence-electron chi connectivity index (χ4n) is 2.98. The van der Waals surface area contributed by atoms with E-state index in [0.29, 0.717) is 17.9 Å². The Balaban J connectivity index is 1.70. The molecule has 0 aromatic heterocycles. The lowest BCUT2D eigenvalue weighted by Crippen LogP contribution is -2.31. The van der Waals surface area contributed by atoms with Gasteiger partial charge >= 0.3 is 0 Å². The van der Waals surface area contributed by atoms with Gasteiger partial charge < -0.3 is 14.8 Å². The van der Waals surface area contributed by atoms with E-state index < -0.39 is 0 Å². The van der Waals surface area contributed by atoms with Crippen LogP contribution in [0.1, 0.15) is 36.2 Å². The molecular formula is C25H27NO3. The summed E-state index contributed by atoms with van der Waals surface area (Å²) >= 11 is 0. The largest absolute Gasteiger partial charge is 0.496 e. The number of nitrogens with one attached hydrogen (secondary N) is 1. The minimum absolute atomic E-state index is 0.0875. The monoisotopic (exact) mass is 389 g/mol. The Hall–Kier alpha value is -3.27. The number of amides is 1. The van der Waals surface area contributed by atoms with Gasteiger partial charge in [-0.15, -0.1) is 0 Å². The van der Waals surface area contributed by atoms with Crippen LogP contribution < -0.4 is 14.8 Å². The van der Waals surface area contributed by atoms with Crippen molar-refractivity contribution in [3.63, 3.8) is 0 Å². The molecule has 1 unspecified atom stereocenters. The van der Waals surface area contributed by atoms with Gasteiger partial charge in [-0.25, -0.2) is 0 Å². The first kappa shape index (κ1) is 20.5. The average Bonchev–Trinajstić information content (AvgIpc) is 2.78. The molecule has 0 saturated heterocycles. The maximum absolute atomic E-state index is 12.4. The Bertz CT molecular complexity index is 936. The molecule has 0 saturated carbocycles. The molecule has 150 valence electrons. The average molecular weight is 389 g/mol. The summed E-state index contributed by atoms with van der Waals surface area (Å²) in [5, 5.41) is 2.99. The van der Waals surface area contributed by atoms with Crippen molar-refractivity contribution in [1.82, 2.24) is 5.32 Å². The van der Waals surface area contributed by atoms with Crippen LogP contribution >= 0.6 is 0 Å². The number of hydrogen-bond acceptors (Lipinski definition) is 3. The Morgan fingerprint density at radius 2 is 1.66 bits per heavy atom. The zero-order chi connectivity index (χ0) is 20.6. The predicted octanol–water partition coefficient (Wildman–Crippen LogP) is 5.47. The summed E-state index contributed by atoms with van der Waals surface area (Å²) in [5.41, 5.74) is 3.74. The quantitative estimate of drug-likeness (QED) is 0.556. The fraction of sp³-hybridized carbons (Fsp3) is 0.240. The first-order chi connectivity index (χ1) is 14.1. The summed E-state index contributed by atoms with van der Waals surface area (Å²) in [4.78, 5) is 12.4. The van der Waals surface area contributed by atoms with Crippen LogP contribution in [0.2, 0.25) is 0 Å². The normalized spacial score (nSPS) is 11.6. The summed E-state index contributed by atoms with van der Waals surface area (Å²) in [6, 6.07) is 23.7. The van der Waals surface area contributed by atoms with E-state index in [1.165, 1.54) is 5.56 Å². The maximum atomic E-state index is 12.4. The summed E-state index contributed by atoms with van der Waals surface area (Å²) in [6.07, 6.45) is 0.886. The molecule has 0 aliphatic rings. The molecule has 3 rings (SSSR count). The number of hydrogen-bond donors (Lipinski definition) is 1. The van der Waals surface area contributed by atoms with Crippen LogP contribution in [0.5, 0.6) is 11.5 Å². The molecule has 0 heterocycles. The molecule has 3 aromatic rings. The minimum Gasteiger partial charge on any atom is -0.496 e. The van der Waals surface area contributed by atoms with Crippen molar-refractivity contribution in [3.8, 4) is 22.6 Å². The molecule has 0 spiro atoms. The van der Waals surface area contributed by atoms with E-state index in [2.05, 4.69) is 17.4 Å². The first-order valence-corrected chi connectivity index (χ1v) is 9.86. The van der Waals surface area contributed by atoms with Gasteiger partial charge in [0.1, 0.15) is 18.1 Å². The van der Waals surface area contributed by atoms with E-state index in [0.717, 1.165) is 23.3 Å². The van der Waals surface area contributed by atoms with Crippen molar-refractivity contribution in [1.29, 1.82) is 0 Å². The lowest BCUT2D eigenvalue weighted by molar-refractivity contribution is 0.0939. The van der Waals surface area contributed by atoms with E-state index in [-0.39, 0.29) is 11.9 Å². The van der Waals surface area contributed by atoms with E-state index in [9.17, 15) is 4.79 Å². The van der Waals surface area contributed by atoms with Gasteiger partial charge in [0.2, 0.25) is 0 Å². The number of benzene rings is 3. The molecule has 0 aliphatic heterocycles. The third-order valence-corrected chi connectivity index (χ3v) is 4.89. The standard InChI is InChI=1S/C25H27NO3/c1-4-18(2)26-25(27)21-12-15-24(28-3)22(16-21)17-29-23-13-10-20(11-14-23)19-8-6-5-7-9-19/h5-16,18H,4,17H2,1-3H3,(H,26,27). The number of carbonyl (C=O) groups excluding carboxylic acids is 1. The van der Waals surface area contributed by atoms with E-state index in [4.69, 9.17) is 9.47 Å². The minimum atomic E-state index is -0.0875. The highest BCUT2D eigenvalue weighted by molar-refractivity contribution is 5.94. The second kappa shape index (κ2) is 9.78. The van der Waals surface area contributed by atoms with Crippen molar-refractivity contribution in [2.75, 3.05) is 7.11 Å². The van der Waals surface area contributed by atoms with Gasteiger partial charge in [0.15, 0.2) is 0 Å². The number of methoxy groups -OCH3 is 1. The van der Waals surface area contributed by atoms with Gasteiger partial charge in [-0.2, -0.15) is 0 Å². The first-order valence-electron chi connectivity index (χ1n) is 9.86. The molecule has 0 bridgehead atoms. The van der Waals surface area contributed by atoms with E-state index >= 15 is 0 Å². The van der Waals surface area contributed by atoms with Crippen LogP contribution in [-0.4, -0.2) is 19.1 Å². The molecule has 3 aromatic carbocycles. The van der Waals surface area contributed by atoms with Gasteiger partial charge in [-0.3, -0.25) is 4.79 Å². The van der Waals surface area contributed by atoms with Crippen LogP contribution in [0, 0.1) is 0 Å². The molecule has 4 nitrogen and oxygen atoms in total. The Morgan fingerprint density at radius 1 is 0.966 bits per heavy atom. The summed E-state index contributed by atoms with van der Waals surface area (Å²) in [5.74, 6) is 1.38. The van der Waals surface area contributed by atoms with Crippen molar-refractivity contribution >= 4 is 5.91 Å². The molecule has 0 radical (unpaired) electrons. The Morgan fingerprint density at radius 3 is 2.31 bits per heavy atom. The van der Waals surface area contributed by atoms with Crippen molar-refractivity contribution in [2.24, 2.45) is 0 Å². The van der Waals surface area contributed by atoms with Gasteiger partial charge in [0, 0.05) is 17.2 Å². The third-order valence-electron chi connectivity index (χ3n) is 4.89. The van der Waals surface area contributed by atoms with Crippen molar-refractivity contribution < 1.29 is 14.3 Å². The zero-order valence-corrected chi connectivity index (χ0v) is 17.1. The van der Waals surface area contributed by atoms with Gasteiger partial charge in [0.25, 0.3) is 5.91 Å². The van der Waals surface area contributed by atoms with Crippen LogP contribution in [0.3, 0.4) is 0 Å².